The van der Waals surface area contributed by atoms with Crippen LogP contribution in [0.15, 0.2) is 16.7 Å². The summed E-state index contributed by atoms with van der Waals surface area (Å²) in [6, 6.07) is 1.77. The number of furan rings is 1. The van der Waals surface area contributed by atoms with Crippen molar-refractivity contribution >= 4 is 0 Å². The van der Waals surface area contributed by atoms with E-state index in [1.165, 1.54) is 0 Å². The fourth-order valence-electron chi connectivity index (χ4n) is 0.535. The van der Waals surface area contributed by atoms with Crippen molar-refractivity contribution in [1.29, 1.82) is 0 Å². The van der Waals surface area contributed by atoms with Crippen molar-refractivity contribution in [3.8, 4) is 12.3 Å². The van der Waals surface area contributed by atoms with Gasteiger partial charge in [0.1, 0.15) is 5.76 Å². The number of hydrogen-bond acceptors (Lipinski definition) is 1. The molecular weight excluding hydrogens is 100 g/mol. The van der Waals surface area contributed by atoms with Crippen LogP contribution >= 0.6 is 0 Å². The maximum absolute atomic E-state index is 5.09. The van der Waals surface area contributed by atoms with Crippen LogP contribution in [0.3, 0.4) is 0 Å². The third kappa shape index (κ3) is 0.607. The second kappa shape index (κ2) is 1.75. The van der Waals surface area contributed by atoms with Gasteiger partial charge in [0.15, 0.2) is 0 Å². The van der Waals surface area contributed by atoms with Gasteiger partial charge in [0.05, 0.1) is 11.8 Å². The Bertz CT molecular complexity index is 215. The van der Waals surface area contributed by atoms with E-state index in [2.05, 4.69) is 5.92 Å². The molecule has 0 aliphatic heterocycles. The van der Waals surface area contributed by atoms with Gasteiger partial charge in [-0.1, -0.05) is 5.92 Å². The monoisotopic (exact) mass is 106 g/mol. The van der Waals surface area contributed by atoms with Gasteiger partial charge < -0.3 is 4.42 Å². The average Bonchev–Trinajstić information content (AvgIpc) is 2.14. The van der Waals surface area contributed by atoms with E-state index in [0.717, 1.165) is 11.3 Å². The third-order valence-corrected chi connectivity index (χ3v) is 1.01. The minimum Gasteiger partial charge on any atom is -0.468 e. The highest BCUT2D eigenvalue weighted by Crippen LogP contribution is 2.04. The van der Waals surface area contributed by atoms with Crippen molar-refractivity contribution in [1.82, 2.24) is 0 Å². The summed E-state index contributed by atoms with van der Waals surface area (Å²) in [6.45, 7) is 1.84. The summed E-state index contributed by atoms with van der Waals surface area (Å²) in [5, 5.41) is 0. The largest absolute Gasteiger partial charge is 0.468 e. The summed E-state index contributed by atoms with van der Waals surface area (Å²) in [5.41, 5.74) is 0.838. The van der Waals surface area contributed by atoms with E-state index >= 15 is 0 Å². The van der Waals surface area contributed by atoms with Crippen molar-refractivity contribution in [3.05, 3.63) is 23.7 Å². The summed E-state index contributed by atoms with van der Waals surface area (Å²) in [4.78, 5) is 0. The zero-order chi connectivity index (χ0) is 5.98. The van der Waals surface area contributed by atoms with E-state index < -0.39 is 0 Å². The van der Waals surface area contributed by atoms with Crippen LogP contribution in [0.5, 0.6) is 0 Å². The van der Waals surface area contributed by atoms with Crippen LogP contribution in [0.25, 0.3) is 0 Å². The summed E-state index contributed by atoms with van der Waals surface area (Å²) >= 11 is 0. The smallest absolute Gasteiger partial charge is 0.116 e. The Hall–Kier alpha value is -1.16. The molecule has 0 atom stereocenters. The first-order chi connectivity index (χ1) is 3.84. The van der Waals surface area contributed by atoms with E-state index in [9.17, 15) is 0 Å². The van der Waals surface area contributed by atoms with Gasteiger partial charge >= 0.3 is 0 Å². The molecule has 0 aromatic carbocycles. The van der Waals surface area contributed by atoms with E-state index in [4.69, 9.17) is 10.8 Å². The predicted molar refractivity (Wildman–Crippen MR) is 31.4 cm³/mol. The van der Waals surface area contributed by atoms with Gasteiger partial charge in [-0.05, 0) is 13.0 Å². The number of rotatable bonds is 0. The highest BCUT2D eigenvalue weighted by atomic mass is 16.3. The van der Waals surface area contributed by atoms with Crippen LogP contribution in [-0.4, -0.2) is 0 Å². The van der Waals surface area contributed by atoms with Crippen molar-refractivity contribution in [2.24, 2.45) is 0 Å². The number of hydrogen-bond donors (Lipinski definition) is 0. The molecule has 0 amide bonds. The lowest BCUT2D eigenvalue weighted by Crippen LogP contribution is -1.67. The first-order valence-electron chi connectivity index (χ1n) is 2.35. The van der Waals surface area contributed by atoms with Crippen LogP contribution in [0.1, 0.15) is 11.3 Å². The van der Waals surface area contributed by atoms with Crippen LogP contribution in [0.4, 0.5) is 0 Å². The van der Waals surface area contributed by atoms with Crippen LogP contribution in [0, 0.1) is 19.3 Å². The molecule has 0 aliphatic carbocycles. The van der Waals surface area contributed by atoms with Gasteiger partial charge in [0, 0.05) is 0 Å². The topological polar surface area (TPSA) is 13.1 Å². The maximum atomic E-state index is 5.09. The maximum Gasteiger partial charge on any atom is 0.116 e. The fraction of sp³-hybridized carbons (Fsp3) is 0.143. The molecule has 0 N–H and O–H groups in total. The minimum absolute atomic E-state index is 0.813. The zero-order valence-electron chi connectivity index (χ0n) is 4.64. The molecule has 1 heterocycles. The lowest BCUT2D eigenvalue weighted by molar-refractivity contribution is 0.533. The Morgan fingerprint density at radius 1 is 1.75 bits per heavy atom. The third-order valence-electron chi connectivity index (χ3n) is 1.01. The molecule has 0 saturated heterocycles. The predicted octanol–water partition coefficient (Wildman–Crippen LogP) is 1.57. The molecule has 1 aromatic rings. The molecule has 0 bridgehead atoms. The second-order valence-corrected chi connectivity index (χ2v) is 1.53. The van der Waals surface area contributed by atoms with Crippen LogP contribution in [-0.2, 0) is 0 Å². The standard InChI is InChI=1S/C7H6O/c1-3-7-4-5-8-6(7)2/h1,4-5H,2H3. The molecule has 0 unspecified atom stereocenters. The van der Waals surface area contributed by atoms with E-state index in [0.29, 0.717) is 0 Å². The summed E-state index contributed by atoms with van der Waals surface area (Å²) in [5.74, 6) is 3.29. The lowest BCUT2D eigenvalue weighted by Gasteiger charge is -1.79. The van der Waals surface area contributed by atoms with Crippen molar-refractivity contribution < 1.29 is 4.42 Å². The van der Waals surface area contributed by atoms with Crippen LogP contribution in [0.2, 0.25) is 0 Å². The molecule has 1 rings (SSSR count). The van der Waals surface area contributed by atoms with Gasteiger partial charge in [-0.25, -0.2) is 0 Å². The number of aryl methyl sites for hydroxylation is 1. The zero-order valence-corrected chi connectivity index (χ0v) is 4.64. The Labute approximate surface area is 48.3 Å². The minimum atomic E-state index is 0.813. The fourth-order valence-corrected chi connectivity index (χ4v) is 0.535. The molecule has 0 fully saturated rings. The summed E-state index contributed by atoms with van der Waals surface area (Å²) < 4.78 is 4.91. The van der Waals surface area contributed by atoms with E-state index in [-0.39, 0.29) is 0 Å². The summed E-state index contributed by atoms with van der Waals surface area (Å²) in [6.07, 6.45) is 6.67. The van der Waals surface area contributed by atoms with Gasteiger partial charge in [0.25, 0.3) is 0 Å². The first-order valence-corrected chi connectivity index (χ1v) is 2.35. The molecule has 0 aliphatic rings. The van der Waals surface area contributed by atoms with Crippen molar-refractivity contribution in [2.75, 3.05) is 0 Å². The summed E-state index contributed by atoms with van der Waals surface area (Å²) in [7, 11) is 0. The Balaban J connectivity index is 3.15. The van der Waals surface area contributed by atoms with Gasteiger partial charge in [-0.15, -0.1) is 6.42 Å². The first kappa shape index (κ1) is 4.99. The van der Waals surface area contributed by atoms with Gasteiger partial charge in [0.2, 0.25) is 0 Å². The van der Waals surface area contributed by atoms with Gasteiger partial charge in [-0.3, -0.25) is 0 Å². The Kier molecular flexibility index (Phi) is 1.09. The van der Waals surface area contributed by atoms with Crippen molar-refractivity contribution in [3.63, 3.8) is 0 Å². The molecule has 0 saturated carbocycles. The Morgan fingerprint density at radius 3 is 2.75 bits per heavy atom. The normalized spacial score (nSPS) is 8.50. The molecular formula is C7H6O. The lowest BCUT2D eigenvalue weighted by atomic mass is 10.3. The molecule has 1 heteroatoms. The van der Waals surface area contributed by atoms with Crippen LogP contribution < -0.4 is 0 Å². The average molecular weight is 106 g/mol. The molecule has 8 heavy (non-hydrogen) atoms. The Morgan fingerprint density at radius 2 is 2.50 bits per heavy atom. The van der Waals surface area contributed by atoms with E-state index in [1.54, 1.807) is 12.3 Å². The van der Waals surface area contributed by atoms with E-state index in [1.807, 2.05) is 6.92 Å². The highest BCUT2D eigenvalue weighted by Gasteiger charge is 1.92. The highest BCUT2D eigenvalue weighted by molar-refractivity contribution is 5.32. The molecule has 1 nitrogen and oxygen atoms in total. The quantitative estimate of drug-likeness (QED) is 0.457. The molecule has 1 aromatic heterocycles. The second-order valence-electron chi connectivity index (χ2n) is 1.53. The molecule has 0 spiro atoms. The van der Waals surface area contributed by atoms with Gasteiger partial charge in [-0.2, -0.15) is 0 Å². The molecule has 40 valence electrons. The molecule has 0 radical (unpaired) electrons. The number of terminal acetylenes is 1. The SMILES string of the molecule is C#Cc1ccoc1C. The van der Waals surface area contributed by atoms with Crippen molar-refractivity contribution in [2.45, 2.75) is 6.92 Å².